The van der Waals surface area contributed by atoms with Crippen LogP contribution in [-0.4, -0.2) is 11.2 Å². The maximum absolute atomic E-state index is 12.7. The number of halogens is 2. The summed E-state index contributed by atoms with van der Waals surface area (Å²) in [4.78, 5) is 20.1. The molecule has 1 aliphatic rings. The third-order valence-electron chi connectivity index (χ3n) is 3.94. The molecule has 0 saturated carbocycles. The highest BCUT2D eigenvalue weighted by Crippen LogP contribution is 2.19. The van der Waals surface area contributed by atoms with Crippen LogP contribution in [0.1, 0.15) is 5.56 Å². The molecule has 0 radical (unpaired) electrons. The van der Waals surface area contributed by atoms with Gasteiger partial charge in [0.2, 0.25) is 0 Å². The first-order chi connectivity index (χ1) is 12.1. The second-order valence-electron chi connectivity index (χ2n) is 5.64. The molecule has 2 heterocycles. The molecular weight excluding hydrogens is 422 g/mol. The van der Waals surface area contributed by atoms with Crippen molar-refractivity contribution in [3.8, 4) is 0 Å². The van der Waals surface area contributed by atoms with Crippen LogP contribution in [0.3, 0.4) is 0 Å². The Labute approximate surface area is 161 Å². The monoisotopic (exact) mass is 433 g/mol. The van der Waals surface area contributed by atoms with Gasteiger partial charge in [0, 0.05) is 15.2 Å². The summed E-state index contributed by atoms with van der Waals surface area (Å²) < 4.78 is 3.43. The van der Waals surface area contributed by atoms with Gasteiger partial charge in [-0.3, -0.25) is 9.36 Å². The fraction of sp³-hybridized carbons (Fsp3) is 0.111. The van der Waals surface area contributed by atoms with Crippen molar-refractivity contribution in [2.45, 2.75) is 6.67 Å². The van der Waals surface area contributed by atoms with Gasteiger partial charge >= 0.3 is 0 Å². The predicted molar refractivity (Wildman–Crippen MR) is 106 cm³/mol. The molecular formula is C18H13BrClN3OS. The number of thiazole rings is 1. The van der Waals surface area contributed by atoms with Gasteiger partial charge in [-0.25, -0.2) is 4.99 Å². The van der Waals surface area contributed by atoms with Gasteiger partial charge in [-0.15, -0.1) is 0 Å². The van der Waals surface area contributed by atoms with E-state index < -0.39 is 0 Å². The molecule has 4 nitrogen and oxygen atoms in total. The first-order valence-corrected chi connectivity index (χ1v) is 9.61. The molecule has 0 unspecified atom stereocenters. The highest BCUT2D eigenvalue weighted by Gasteiger charge is 2.15. The summed E-state index contributed by atoms with van der Waals surface area (Å²) in [6, 6.07) is 15.4. The van der Waals surface area contributed by atoms with Crippen molar-refractivity contribution < 1.29 is 0 Å². The van der Waals surface area contributed by atoms with Gasteiger partial charge in [0.1, 0.15) is 13.3 Å². The summed E-state index contributed by atoms with van der Waals surface area (Å²) in [5.74, 6) is 0. The van der Waals surface area contributed by atoms with Gasteiger partial charge in [0.15, 0.2) is 4.80 Å². The summed E-state index contributed by atoms with van der Waals surface area (Å²) in [5, 5.41) is 0.680. The minimum atomic E-state index is -0.0134. The fourth-order valence-corrected chi connectivity index (χ4v) is 3.99. The first-order valence-electron chi connectivity index (χ1n) is 7.62. The Morgan fingerprint density at radius 1 is 1.12 bits per heavy atom. The summed E-state index contributed by atoms with van der Waals surface area (Å²) in [5.41, 5.74) is 1.98. The van der Waals surface area contributed by atoms with Crippen LogP contribution >= 0.6 is 38.9 Å². The average Bonchev–Trinajstić information content (AvgIpc) is 2.93. The Morgan fingerprint density at radius 3 is 2.56 bits per heavy atom. The van der Waals surface area contributed by atoms with Crippen molar-refractivity contribution in [1.82, 2.24) is 4.57 Å². The van der Waals surface area contributed by atoms with Crippen LogP contribution < -0.4 is 19.8 Å². The molecule has 0 aliphatic carbocycles. The Morgan fingerprint density at radius 2 is 1.84 bits per heavy atom. The largest absolute Gasteiger partial charge is 0.334 e. The van der Waals surface area contributed by atoms with Crippen LogP contribution in [0.4, 0.5) is 5.69 Å². The van der Waals surface area contributed by atoms with Crippen LogP contribution in [0.15, 0.2) is 62.8 Å². The van der Waals surface area contributed by atoms with Crippen LogP contribution in [0.25, 0.3) is 6.08 Å². The fourth-order valence-electron chi connectivity index (χ4n) is 2.64. The molecule has 1 aliphatic heterocycles. The Bertz CT molecular complexity index is 1090. The van der Waals surface area contributed by atoms with Gasteiger partial charge < -0.3 is 4.90 Å². The Kier molecular flexibility index (Phi) is 4.50. The highest BCUT2D eigenvalue weighted by molar-refractivity contribution is 9.10. The van der Waals surface area contributed by atoms with E-state index in [9.17, 15) is 4.79 Å². The lowest BCUT2D eigenvalue weighted by Crippen LogP contribution is -2.42. The van der Waals surface area contributed by atoms with E-state index in [1.165, 1.54) is 11.3 Å². The van der Waals surface area contributed by atoms with E-state index >= 15 is 0 Å². The van der Waals surface area contributed by atoms with Crippen molar-refractivity contribution in [2.24, 2.45) is 4.99 Å². The molecule has 7 heteroatoms. The normalized spacial score (nSPS) is 14.3. The molecule has 3 aromatic rings. The number of hydrogen-bond acceptors (Lipinski definition) is 4. The smallest absolute Gasteiger partial charge is 0.271 e. The minimum Gasteiger partial charge on any atom is -0.334 e. The van der Waals surface area contributed by atoms with E-state index in [0.29, 0.717) is 22.9 Å². The van der Waals surface area contributed by atoms with Crippen molar-refractivity contribution in [3.05, 3.63) is 83.3 Å². The molecule has 126 valence electrons. The summed E-state index contributed by atoms with van der Waals surface area (Å²) >= 11 is 10.8. The van der Waals surface area contributed by atoms with Gasteiger partial charge in [0.05, 0.1) is 4.53 Å². The number of hydrogen-bond donors (Lipinski definition) is 0. The van der Waals surface area contributed by atoms with E-state index in [0.717, 1.165) is 20.5 Å². The molecule has 0 spiro atoms. The maximum Gasteiger partial charge on any atom is 0.271 e. The number of rotatable bonds is 2. The molecule has 0 amide bonds. The third kappa shape index (κ3) is 3.42. The van der Waals surface area contributed by atoms with Gasteiger partial charge in [0.25, 0.3) is 5.56 Å². The van der Waals surface area contributed by atoms with E-state index in [1.807, 2.05) is 54.6 Å². The molecule has 0 N–H and O–H groups in total. The predicted octanol–water partition coefficient (Wildman–Crippen LogP) is 3.21. The number of aromatic nitrogens is 1. The average molecular weight is 435 g/mol. The van der Waals surface area contributed by atoms with E-state index in [2.05, 4.69) is 25.8 Å². The van der Waals surface area contributed by atoms with Crippen molar-refractivity contribution in [2.75, 3.05) is 11.6 Å². The van der Waals surface area contributed by atoms with Crippen LogP contribution in [0, 0.1) is 0 Å². The Balaban J connectivity index is 1.70. The van der Waals surface area contributed by atoms with Crippen LogP contribution in [0.2, 0.25) is 5.02 Å². The third-order valence-corrected chi connectivity index (χ3v) is 5.76. The lowest BCUT2D eigenvalue weighted by Gasteiger charge is -2.25. The molecule has 0 bridgehead atoms. The zero-order valence-electron chi connectivity index (χ0n) is 13.0. The van der Waals surface area contributed by atoms with Crippen molar-refractivity contribution in [1.29, 1.82) is 0 Å². The first kappa shape index (κ1) is 16.6. The SMILES string of the molecule is O=c1/c(=C/c2ccc(Cl)cc2)sc2n1CN(c1ccc(Br)cc1)CN=2. The summed E-state index contributed by atoms with van der Waals surface area (Å²) in [6.45, 7) is 1.05. The lowest BCUT2D eigenvalue weighted by atomic mass is 10.2. The summed E-state index contributed by atoms with van der Waals surface area (Å²) in [7, 11) is 0. The van der Waals surface area contributed by atoms with Gasteiger partial charge in [-0.05, 0) is 48.0 Å². The van der Waals surface area contributed by atoms with E-state index in [4.69, 9.17) is 11.6 Å². The van der Waals surface area contributed by atoms with Crippen molar-refractivity contribution >= 4 is 50.6 Å². The maximum atomic E-state index is 12.7. The van der Waals surface area contributed by atoms with Crippen molar-refractivity contribution in [3.63, 3.8) is 0 Å². The molecule has 4 rings (SSSR count). The molecule has 0 saturated heterocycles. The molecule has 0 atom stereocenters. The zero-order valence-corrected chi connectivity index (χ0v) is 16.2. The second kappa shape index (κ2) is 6.78. The molecule has 0 fully saturated rings. The van der Waals surface area contributed by atoms with E-state index in [-0.39, 0.29) is 5.56 Å². The highest BCUT2D eigenvalue weighted by atomic mass is 79.9. The standard InChI is InChI=1S/C18H13BrClN3OS/c19-13-3-7-15(8-4-13)22-10-21-18-23(11-22)17(24)16(25-18)9-12-1-5-14(20)6-2-12/h1-9H,10-11H2/b16-9-. The Hall–Kier alpha value is -1.89. The van der Waals surface area contributed by atoms with Gasteiger partial charge in [-0.1, -0.05) is 51.0 Å². The topological polar surface area (TPSA) is 37.6 Å². The number of benzene rings is 2. The second-order valence-corrected chi connectivity index (χ2v) is 8.00. The number of nitrogens with zero attached hydrogens (tertiary/aromatic N) is 3. The molecule has 25 heavy (non-hydrogen) atoms. The lowest BCUT2D eigenvalue weighted by molar-refractivity contribution is 0.569. The van der Waals surface area contributed by atoms with Crippen LogP contribution in [0.5, 0.6) is 0 Å². The number of anilines is 1. The molecule has 2 aromatic carbocycles. The quantitative estimate of drug-likeness (QED) is 0.621. The van der Waals surface area contributed by atoms with E-state index in [1.54, 1.807) is 4.57 Å². The minimum absolute atomic E-state index is 0.0134. The molecule has 1 aromatic heterocycles. The summed E-state index contributed by atoms with van der Waals surface area (Å²) in [6.07, 6.45) is 1.88. The van der Waals surface area contributed by atoms with Crippen LogP contribution in [-0.2, 0) is 6.67 Å². The zero-order chi connectivity index (χ0) is 17.4. The van der Waals surface area contributed by atoms with Gasteiger partial charge in [-0.2, -0.15) is 0 Å². The number of fused-ring (bicyclic) bond motifs is 1.